The highest BCUT2D eigenvalue weighted by Crippen LogP contribution is 2.43. The highest BCUT2D eigenvalue weighted by molar-refractivity contribution is 5.97. The predicted octanol–water partition coefficient (Wildman–Crippen LogP) is 2.49. The van der Waals surface area contributed by atoms with Crippen LogP contribution in [0.4, 0.5) is 0 Å². The molecule has 1 aromatic rings. The van der Waals surface area contributed by atoms with Crippen molar-refractivity contribution in [3.63, 3.8) is 0 Å². The summed E-state index contributed by atoms with van der Waals surface area (Å²) in [6, 6.07) is 4.66. The molecule has 3 rings (SSSR count). The van der Waals surface area contributed by atoms with Crippen LogP contribution in [0.5, 0.6) is 5.75 Å². The molecule has 2 heterocycles. The summed E-state index contributed by atoms with van der Waals surface area (Å²) in [7, 11) is 0. The van der Waals surface area contributed by atoms with E-state index >= 15 is 0 Å². The van der Waals surface area contributed by atoms with Crippen molar-refractivity contribution < 1.29 is 19.8 Å². The molecule has 0 bridgehead atoms. The fourth-order valence-electron chi connectivity index (χ4n) is 4.45. The van der Waals surface area contributed by atoms with Crippen molar-refractivity contribution in [1.82, 2.24) is 9.80 Å². The molecule has 2 N–H and O–H groups in total. The Kier molecular flexibility index (Phi) is 5.23. The van der Waals surface area contributed by atoms with Crippen LogP contribution in [0.2, 0.25) is 0 Å². The molecule has 2 aliphatic heterocycles. The zero-order chi connectivity index (χ0) is 18.9. The first-order valence-electron chi connectivity index (χ1n) is 9.41. The number of rotatable bonds is 4. The van der Waals surface area contributed by atoms with E-state index in [0.29, 0.717) is 25.1 Å². The van der Waals surface area contributed by atoms with E-state index in [-0.39, 0.29) is 17.1 Å². The number of aromatic hydroxyl groups is 1. The van der Waals surface area contributed by atoms with Crippen LogP contribution >= 0.6 is 0 Å². The van der Waals surface area contributed by atoms with E-state index in [2.05, 4.69) is 11.8 Å². The number of likely N-dealkylation sites (tertiary alicyclic amines) is 2. The minimum Gasteiger partial charge on any atom is -0.507 e. The number of carbonyl (C=O) groups is 2. The molecule has 1 unspecified atom stereocenters. The molecule has 2 fully saturated rings. The molecule has 1 atom stereocenters. The van der Waals surface area contributed by atoms with Gasteiger partial charge in [0.25, 0.3) is 5.91 Å². The van der Waals surface area contributed by atoms with Gasteiger partial charge in [-0.25, -0.2) is 0 Å². The summed E-state index contributed by atoms with van der Waals surface area (Å²) in [6.45, 7) is 6.79. The van der Waals surface area contributed by atoms with Crippen LogP contribution in [-0.4, -0.2) is 64.1 Å². The topological polar surface area (TPSA) is 81.1 Å². The lowest BCUT2D eigenvalue weighted by molar-refractivity contribution is -0.142. The minimum absolute atomic E-state index is 0.0103. The van der Waals surface area contributed by atoms with E-state index in [9.17, 15) is 19.8 Å². The number of amides is 1. The predicted molar refractivity (Wildman–Crippen MR) is 98.3 cm³/mol. The third kappa shape index (κ3) is 3.56. The van der Waals surface area contributed by atoms with Crippen molar-refractivity contribution in [3.8, 4) is 5.75 Å². The van der Waals surface area contributed by atoms with Crippen LogP contribution in [0.1, 0.15) is 48.5 Å². The molecule has 142 valence electrons. The first-order valence-corrected chi connectivity index (χ1v) is 9.41. The summed E-state index contributed by atoms with van der Waals surface area (Å²) in [5.41, 5.74) is 1.28. The molecule has 0 saturated carbocycles. The van der Waals surface area contributed by atoms with Gasteiger partial charge in [-0.1, -0.05) is 18.6 Å². The Labute approximate surface area is 154 Å². The Morgan fingerprint density at radius 1 is 1.27 bits per heavy atom. The summed E-state index contributed by atoms with van der Waals surface area (Å²) in [5, 5.41) is 19.5. The number of benzene rings is 1. The molecule has 1 spiro atoms. The Morgan fingerprint density at radius 2 is 1.96 bits per heavy atom. The molecule has 1 aromatic carbocycles. The number of nitrogens with zero attached hydrogens (tertiary/aromatic N) is 2. The molecular formula is C20H28N2O4. The molecule has 6 nitrogen and oxygen atoms in total. The Bertz CT molecular complexity index is 695. The van der Waals surface area contributed by atoms with E-state index in [1.165, 1.54) is 0 Å². The summed E-state index contributed by atoms with van der Waals surface area (Å²) < 4.78 is 0. The van der Waals surface area contributed by atoms with Gasteiger partial charge in [0.1, 0.15) is 11.8 Å². The molecule has 2 aliphatic rings. The number of phenolic OH excluding ortho intramolecular Hbond substituents is 1. The second-order valence-electron chi connectivity index (χ2n) is 7.84. The van der Waals surface area contributed by atoms with Crippen molar-refractivity contribution in [2.45, 2.75) is 45.6 Å². The average Bonchev–Trinajstić information content (AvgIpc) is 2.96. The van der Waals surface area contributed by atoms with E-state index < -0.39 is 12.0 Å². The van der Waals surface area contributed by atoms with E-state index in [1.54, 1.807) is 23.1 Å². The van der Waals surface area contributed by atoms with Gasteiger partial charge < -0.3 is 15.1 Å². The summed E-state index contributed by atoms with van der Waals surface area (Å²) in [5.74, 6) is -0.862. The van der Waals surface area contributed by atoms with Crippen molar-refractivity contribution in [1.29, 1.82) is 0 Å². The number of carboxylic acid groups (broad SMARTS) is 1. The number of phenols is 1. The van der Waals surface area contributed by atoms with Crippen molar-refractivity contribution >= 4 is 11.9 Å². The number of aliphatic carboxylic acids is 1. The van der Waals surface area contributed by atoms with Gasteiger partial charge in [-0.3, -0.25) is 14.5 Å². The fourth-order valence-corrected chi connectivity index (χ4v) is 4.45. The van der Waals surface area contributed by atoms with Crippen molar-refractivity contribution in [3.05, 3.63) is 29.3 Å². The molecule has 0 radical (unpaired) electrons. The first kappa shape index (κ1) is 18.7. The van der Waals surface area contributed by atoms with Gasteiger partial charge in [-0.05, 0) is 56.7 Å². The third-order valence-electron chi connectivity index (χ3n) is 5.90. The second-order valence-corrected chi connectivity index (χ2v) is 7.84. The molecule has 1 amide bonds. The Balaban J connectivity index is 1.68. The average molecular weight is 360 g/mol. The smallest absolute Gasteiger partial charge is 0.320 e. The Morgan fingerprint density at radius 3 is 2.58 bits per heavy atom. The summed E-state index contributed by atoms with van der Waals surface area (Å²) in [4.78, 5) is 28.3. The standard InChI is InChI=1S/C20H28N2O4/c1-3-8-22-13-20(12-16(22)19(25)26)6-9-21(10-7-20)18(24)15-11-14(2)4-5-17(15)23/h4-5,11,16,23H,3,6-10,12-13H2,1-2H3,(H,25,26). The van der Waals surface area contributed by atoms with Gasteiger partial charge in [0, 0.05) is 19.6 Å². The van der Waals surface area contributed by atoms with E-state index in [4.69, 9.17) is 0 Å². The van der Waals surface area contributed by atoms with E-state index in [1.807, 2.05) is 6.92 Å². The van der Waals surface area contributed by atoms with Gasteiger partial charge in [0.05, 0.1) is 5.56 Å². The van der Waals surface area contributed by atoms with Crippen molar-refractivity contribution in [2.24, 2.45) is 5.41 Å². The zero-order valence-electron chi connectivity index (χ0n) is 15.6. The minimum atomic E-state index is -0.737. The van der Waals surface area contributed by atoms with Crippen LogP contribution < -0.4 is 0 Å². The zero-order valence-corrected chi connectivity index (χ0v) is 15.6. The second kappa shape index (κ2) is 7.27. The number of carboxylic acids is 1. The van der Waals surface area contributed by atoms with E-state index in [0.717, 1.165) is 37.9 Å². The lowest BCUT2D eigenvalue weighted by atomic mass is 9.76. The summed E-state index contributed by atoms with van der Waals surface area (Å²) in [6.07, 6.45) is 3.24. The van der Waals surface area contributed by atoms with Gasteiger partial charge in [0.2, 0.25) is 0 Å². The lowest BCUT2D eigenvalue weighted by Gasteiger charge is -2.39. The lowest BCUT2D eigenvalue weighted by Crippen LogP contribution is -2.44. The third-order valence-corrected chi connectivity index (χ3v) is 5.90. The maximum absolute atomic E-state index is 12.8. The monoisotopic (exact) mass is 360 g/mol. The SMILES string of the molecule is CCCN1CC2(CCN(C(=O)c3cc(C)ccc3O)CC2)CC1C(=O)O. The first-order chi connectivity index (χ1) is 12.3. The van der Waals surface area contributed by atoms with Crippen LogP contribution in [0.15, 0.2) is 18.2 Å². The normalized spacial score (nSPS) is 22.7. The van der Waals surface area contributed by atoms with Gasteiger partial charge in [0.15, 0.2) is 0 Å². The number of hydrogen-bond donors (Lipinski definition) is 2. The van der Waals surface area contributed by atoms with Gasteiger partial charge in [-0.2, -0.15) is 0 Å². The maximum atomic E-state index is 12.8. The van der Waals surface area contributed by atoms with Crippen LogP contribution in [0, 0.1) is 12.3 Å². The van der Waals surface area contributed by atoms with Crippen LogP contribution in [-0.2, 0) is 4.79 Å². The number of aryl methyl sites for hydroxylation is 1. The molecular weight excluding hydrogens is 332 g/mol. The molecule has 0 aromatic heterocycles. The molecule has 0 aliphatic carbocycles. The quantitative estimate of drug-likeness (QED) is 0.862. The van der Waals surface area contributed by atoms with Gasteiger partial charge >= 0.3 is 5.97 Å². The Hall–Kier alpha value is -2.08. The highest BCUT2D eigenvalue weighted by atomic mass is 16.4. The van der Waals surface area contributed by atoms with Gasteiger partial charge in [-0.15, -0.1) is 0 Å². The summed E-state index contributed by atoms with van der Waals surface area (Å²) >= 11 is 0. The molecule has 26 heavy (non-hydrogen) atoms. The maximum Gasteiger partial charge on any atom is 0.320 e. The van der Waals surface area contributed by atoms with Crippen LogP contribution in [0.3, 0.4) is 0 Å². The number of carbonyl (C=O) groups excluding carboxylic acids is 1. The molecule has 6 heteroatoms. The number of piperidine rings is 1. The fraction of sp³-hybridized carbons (Fsp3) is 0.600. The van der Waals surface area contributed by atoms with Crippen LogP contribution in [0.25, 0.3) is 0 Å². The van der Waals surface area contributed by atoms with Crippen molar-refractivity contribution in [2.75, 3.05) is 26.2 Å². The number of hydrogen-bond acceptors (Lipinski definition) is 4. The molecule has 2 saturated heterocycles. The highest BCUT2D eigenvalue weighted by Gasteiger charge is 2.48. The largest absolute Gasteiger partial charge is 0.507 e.